The lowest BCUT2D eigenvalue weighted by Gasteiger charge is -2.29. The van der Waals surface area contributed by atoms with Gasteiger partial charge in [0.25, 0.3) is 0 Å². The van der Waals surface area contributed by atoms with Crippen LogP contribution in [0.1, 0.15) is 34.6 Å². The van der Waals surface area contributed by atoms with Crippen LogP contribution in [0.3, 0.4) is 0 Å². The molecule has 5 aromatic rings. The zero-order valence-electron chi connectivity index (χ0n) is 24.4. The fourth-order valence-corrected chi connectivity index (χ4v) is 5.82. The number of ether oxygens (including phenoxy) is 1. The second-order valence-electron chi connectivity index (χ2n) is 10.5. The molecule has 0 saturated carbocycles. The molecule has 5 aromatic carbocycles. The normalized spacial score (nSPS) is 11.5. The lowest BCUT2D eigenvalue weighted by atomic mass is 9.90. The van der Waals surface area contributed by atoms with Gasteiger partial charge in [-0.15, -0.1) is 12.4 Å². The molecule has 0 fully saturated rings. The summed E-state index contributed by atoms with van der Waals surface area (Å²) >= 11 is 6.35. The van der Waals surface area contributed by atoms with Gasteiger partial charge in [0.05, 0.1) is 17.2 Å². The first-order chi connectivity index (χ1) is 20.8. The molecule has 0 aliphatic rings. The van der Waals surface area contributed by atoms with Gasteiger partial charge in [-0.05, 0) is 41.3 Å². The number of nitrogens with zero attached hydrogens (tertiary/aromatic N) is 1. The molecule has 0 spiro atoms. The molecule has 0 radical (unpaired) electrons. The lowest BCUT2D eigenvalue weighted by Crippen LogP contribution is -2.31. The molecule has 230 valence electrons. The number of benzene rings is 5. The van der Waals surface area contributed by atoms with Gasteiger partial charge in [-0.25, -0.2) is 0 Å². The van der Waals surface area contributed by atoms with Crippen LogP contribution in [0.5, 0.6) is 5.75 Å². The van der Waals surface area contributed by atoms with Crippen LogP contribution in [-0.4, -0.2) is 31.6 Å². The molecular weight excluding hydrogens is 604 g/mol. The van der Waals surface area contributed by atoms with E-state index in [-0.39, 0.29) is 29.9 Å². The van der Waals surface area contributed by atoms with E-state index in [2.05, 4.69) is 40.5 Å². The third-order valence-electron chi connectivity index (χ3n) is 7.65. The Labute approximate surface area is 268 Å². The predicted molar refractivity (Wildman–Crippen MR) is 177 cm³/mol. The predicted octanol–water partition coefficient (Wildman–Crippen LogP) is 10.1. The number of hydrogen-bond donors (Lipinski definition) is 1. The van der Waals surface area contributed by atoms with E-state index < -0.39 is 11.7 Å². The van der Waals surface area contributed by atoms with Gasteiger partial charge in [0.2, 0.25) is 0 Å². The number of fused-ring (bicyclic) bond motifs is 1. The van der Waals surface area contributed by atoms with Crippen molar-refractivity contribution in [2.24, 2.45) is 0 Å². The summed E-state index contributed by atoms with van der Waals surface area (Å²) in [5.74, 6) is 0.819. The summed E-state index contributed by atoms with van der Waals surface area (Å²) < 4.78 is 47.3. The molecule has 0 bridgehead atoms. The number of nitrogens with one attached hydrogen (secondary N) is 1. The summed E-state index contributed by atoms with van der Waals surface area (Å²) in [6, 6.07) is 36.6. The Kier molecular flexibility index (Phi) is 11.6. The van der Waals surface area contributed by atoms with E-state index in [1.807, 2.05) is 73.8 Å². The molecular formula is C36H35Cl2F3N2O. The van der Waals surface area contributed by atoms with E-state index in [9.17, 15) is 13.2 Å². The van der Waals surface area contributed by atoms with Crippen molar-refractivity contribution in [3.05, 3.63) is 143 Å². The highest BCUT2D eigenvalue weighted by Crippen LogP contribution is 2.37. The summed E-state index contributed by atoms with van der Waals surface area (Å²) in [7, 11) is 1.89. The zero-order chi connectivity index (χ0) is 30.2. The summed E-state index contributed by atoms with van der Waals surface area (Å²) in [5.41, 5.74) is 2.95. The average molecular weight is 640 g/mol. The first-order valence-electron chi connectivity index (χ1n) is 14.3. The minimum Gasteiger partial charge on any atom is -0.493 e. The Morgan fingerprint density at radius 1 is 0.773 bits per heavy atom. The molecule has 1 N–H and O–H groups in total. The van der Waals surface area contributed by atoms with Crippen LogP contribution in [0, 0.1) is 0 Å². The first-order valence-corrected chi connectivity index (χ1v) is 14.7. The van der Waals surface area contributed by atoms with Crippen molar-refractivity contribution in [3.8, 4) is 5.75 Å². The SMILES string of the molecule is CNc1cccc2c(OCCCN(Cc3cccc(C(F)(F)F)c3Cl)CC(c3ccccc3)c3ccccc3)cccc12.Cl. The van der Waals surface area contributed by atoms with Crippen molar-refractivity contribution in [3.63, 3.8) is 0 Å². The molecule has 5 rings (SSSR count). The van der Waals surface area contributed by atoms with Gasteiger partial charge in [0, 0.05) is 49.1 Å². The maximum Gasteiger partial charge on any atom is 0.417 e. The summed E-state index contributed by atoms with van der Waals surface area (Å²) in [5, 5.41) is 5.08. The number of anilines is 1. The fourth-order valence-electron chi connectivity index (χ4n) is 5.52. The smallest absolute Gasteiger partial charge is 0.417 e. The zero-order valence-corrected chi connectivity index (χ0v) is 25.9. The number of hydrogen-bond acceptors (Lipinski definition) is 3. The largest absolute Gasteiger partial charge is 0.493 e. The van der Waals surface area contributed by atoms with Crippen LogP contribution in [0.2, 0.25) is 5.02 Å². The van der Waals surface area contributed by atoms with Gasteiger partial charge in [0.15, 0.2) is 0 Å². The summed E-state index contributed by atoms with van der Waals surface area (Å²) in [6.07, 6.45) is -3.84. The van der Waals surface area contributed by atoms with Crippen LogP contribution in [0.25, 0.3) is 10.8 Å². The van der Waals surface area contributed by atoms with E-state index in [0.717, 1.165) is 39.4 Å². The van der Waals surface area contributed by atoms with E-state index in [1.54, 1.807) is 6.07 Å². The molecule has 0 amide bonds. The molecule has 0 atom stereocenters. The maximum absolute atomic E-state index is 13.7. The van der Waals surface area contributed by atoms with E-state index in [1.165, 1.54) is 6.07 Å². The Morgan fingerprint density at radius 3 is 2.02 bits per heavy atom. The topological polar surface area (TPSA) is 24.5 Å². The third kappa shape index (κ3) is 8.06. The van der Waals surface area contributed by atoms with Gasteiger partial charge in [-0.1, -0.05) is 109 Å². The Hall–Kier alpha value is -3.71. The minimum atomic E-state index is -4.52. The maximum atomic E-state index is 13.7. The molecule has 0 aliphatic heterocycles. The van der Waals surface area contributed by atoms with Crippen LogP contribution < -0.4 is 10.1 Å². The van der Waals surface area contributed by atoms with Crippen molar-refractivity contribution >= 4 is 40.5 Å². The molecule has 0 unspecified atom stereocenters. The van der Waals surface area contributed by atoms with Gasteiger partial charge < -0.3 is 10.1 Å². The highest BCUT2D eigenvalue weighted by atomic mass is 35.5. The molecule has 44 heavy (non-hydrogen) atoms. The van der Waals surface area contributed by atoms with Crippen LogP contribution in [-0.2, 0) is 12.7 Å². The van der Waals surface area contributed by atoms with E-state index in [4.69, 9.17) is 16.3 Å². The van der Waals surface area contributed by atoms with E-state index in [0.29, 0.717) is 31.7 Å². The summed E-state index contributed by atoms with van der Waals surface area (Å²) in [4.78, 5) is 2.18. The average Bonchev–Trinajstić information content (AvgIpc) is 3.02. The second kappa shape index (κ2) is 15.3. The molecule has 0 saturated heterocycles. The highest BCUT2D eigenvalue weighted by molar-refractivity contribution is 6.32. The van der Waals surface area contributed by atoms with Gasteiger partial charge in [-0.3, -0.25) is 4.90 Å². The summed E-state index contributed by atoms with van der Waals surface area (Å²) in [6.45, 7) is 1.94. The van der Waals surface area contributed by atoms with Crippen molar-refractivity contribution in [1.82, 2.24) is 4.90 Å². The first kappa shape index (κ1) is 33.2. The molecule has 3 nitrogen and oxygen atoms in total. The van der Waals surface area contributed by atoms with Crippen molar-refractivity contribution in [2.75, 3.05) is 32.1 Å². The van der Waals surface area contributed by atoms with Crippen LogP contribution in [0.15, 0.2) is 115 Å². The Balaban J connectivity index is 0.00000442. The lowest BCUT2D eigenvalue weighted by molar-refractivity contribution is -0.137. The minimum absolute atomic E-state index is 0. The second-order valence-corrected chi connectivity index (χ2v) is 10.9. The quantitative estimate of drug-likeness (QED) is 0.138. The molecule has 0 aromatic heterocycles. The standard InChI is InChI=1S/C36H34ClF3N2O.ClH/c1-41-33-20-9-18-30-29(33)17-10-21-34(30)43-23-11-22-42(24-28-16-8-19-32(35(28)37)36(38,39)40)25-31(26-12-4-2-5-13-26)27-14-6-3-7-15-27;/h2-10,12-21,31,41H,11,22-25H2,1H3;1H. The molecule has 0 heterocycles. The van der Waals surface area contributed by atoms with Crippen LogP contribution in [0.4, 0.5) is 18.9 Å². The highest BCUT2D eigenvalue weighted by Gasteiger charge is 2.34. The van der Waals surface area contributed by atoms with Crippen molar-refractivity contribution < 1.29 is 17.9 Å². The fraction of sp³-hybridized carbons (Fsp3) is 0.222. The van der Waals surface area contributed by atoms with Gasteiger partial charge in [0.1, 0.15) is 5.75 Å². The molecule has 0 aliphatic carbocycles. The third-order valence-corrected chi connectivity index (χ3v) is 8.10. The van der Waals surface area contributed by atoms with Crippen molar-refractivity contribution in [2.45, 2.75) is 25.1 Å². The van der Waals surface area contributed by atoms with Crippen molar-refractivity contribution in [1.29, 1.82) is 0 Å². The Morgan fingerprint density at radius 2 is 1.39 bits per heavy atom. The monoisotopic (exact) mass is 638 g/mol. The van der Waals surface area contributed by atoms with Gasteiger partial charge in [-0.2, -0.15) is 13.2 Å². The van der Waals surface area contributed by atoms with Gasteiger partial charge >= 0.3 is 6.18 Å². The number of rotatable bonds is 12. The number of alkyl halides is 3. The molecule has 8 heteroatoms. The number of halogens is 5. The van der Waals surface area contributed by atoms with Crippen LogP contribution >= 0.6 is 24.0 Å². The Bertz CT molecular complexity index is 1590. The van der Waals surface area contributed by atoms with E-state index >= 15 is 0 Å².